The molecule has 2 aliphatic heterocycles. The molecule has 5 atom stereocenters. The minimum absolute atomic E-state index is 0.00207. The van der Waals surface area contributed by atoms with E-state index < -0.39 is 35.4 Å². The highest BCUT2D eigenvalue weighted by atomic mass is 16.6. The second-order valence-corrected chi connectivity index (χ2v) is 8.31. The molecule has 0 amide bonds. The van der Waals surface area contributed by atoms with E-state index in [1.165, 1.54) is 0 Å². The number of hydrogen-bond acceptors (Lipinski definition) is 8. The molecular weight excluding hydrogens is 422 g/mol. The van der Waals surface area contributed by atoms with Gasteiger partial charge in [0, 0.05) is 0 Å². The van der Waals surface area contributed by atoms with Crippen molar-refractivity contribution in [1.82, 2.24) is 13.7 Å². The van der Waals surface area contributed by atoms with E-state index in [0.29, 0.717) is 26.4 Å². The number of aromatic nitrogens is 3. The second kappa shape index (κ2) is 11.2. The maximum absolute atomic E-state index is 13.1. The molecule has 11 heteroatoms. The maximum Gasteiger partial charge on any atom is 0.336 e. The van der Waals surface area contributed by atoms with Crippen LogP contribution in [-0.2, 0) is 43.3 Å². The van der Waals surface area contributed by atoms with Gasteiger partial charge in [-0.05, 0) is 20.8 Å². The molecule has 1 aromatic heterocycles. The predicted octanol–water partition coefficient (Wildman–Crippen LogP) is -0.629. The molecule has 0 spiro atoms. The summed E-state index contributed by atoms with van der Waals surface area (Å²) in [6.07, 6.45) is 0.452. The monoisotopic (exact) mass is 455 g/mol. The van der Waals surface area contributed by atoms with Crippen LogP contribution in [0.2, 0.25) is 0 Å². The molecule has 5 unspecified atom stereocenters. The molecule has 11 nitrogen and oxygen atoms in total. The van der Waals surface area contributed by atoms with Gasteiger partial charge in [0.1, 0.15) is 12.2 Å². The van der Waals surface area contributed by atoms with E-state index in [4.69, 9.17) is 23.7 Å². The summed E-state index contributed by atoms with van der Waals surface area (Å²) >= 11 is 0. The molecular formula is C21H33N3O8. The molecule has 0 aliphatic carbocycles. The van der Waals surface area contributed by atoms with Crippen molar-refractivity contribution in [3.63, 3.8) is 0 Å². The maximum atomic E-state index is 13.1. The van der Waals surface area contributed by atoms with E-state index in [1.54, 1.807) is 26.8 Å². The lowest BCUT2D eigenvalue weighted by Gasteiger charge is -2.20. The van der Waals surface area contributed by atoms with Crippen LogP contribution < -0.4 is 17.1 Å². The normalized spacial score (nSPS) is 22.3. The first kappa shape index (κ1) is 24.6. The highest BCUT2D eigenvalue weighted by Crippen LogP contribution is 2.11. The topological polar surface area (TPSA) is 119 Å². The Morgan fingerprint density at radius 2 is 1.16 bits per heavy atom. The Kier molecular flexibility index (Phi) is 8.60. The van der Waals surface area contributed by atoms with Crippen molar-refractivity contribution < 1.29 is 23.7 Å². The Hall–Kier alpha value is -2.05. The van der Waals surface area contributed by atoms with Gasteiger partial charge in [-0.1, -0.05) is 6.08 Å². The predicted molar refractivity (Wildman–Crippen MR) is 115 cm³/mol. The summed E-state index contributed by atoms with van der Waals surface area (Å²) in [4.78, 5) is 39.3. The number of rotatable bonds is 15. The van der Waals surface area contributed by atoms with E-state index in [9.17, 15) is 14.4 Å². The third kappa shape index (κ3) is 6.97. The Morgan fingerprint density at radius 1 is 0.812 bits per heavy atom. The van der Waals surface area contributed by atoms with Crippen molar-refractivity contribution in [3.8, 4) is 0 Å². The quantitative estimate of drug-likeness (QED) is 0.253. The van der Waals surface area contributed by atoms with Gasteiger partial charge in [0.25, 0.3) is 0 Å². The molecule has 180 valence electrons. The lowest BCUT2D eigenvalue weighted by Crippen LogP contribution is -2.57. The summed E-state index contributed by atoms with van der Waals surface area (Å²) in [5.41, 5.74) is -2.07. The lowest BCUT2D eigenvalue weighted by molar-refractivity contribution is 0.0350. The summed E-state index contributed by atoms with van der Waals surface area (Å²) in [5, 5.41) is 0. The average molecular weight is 456 g/mol. The van der Waals surface area contributed by atoms with Gasteiger partial charge in [0.05, 0.1) is 71.0 Å². The summed E-state index contributed by atoms with van der Waals surface area (Å²) in [5.74, 6) is 0. The average Bonchev–Trinajstić information content (AvgIpc) is 3.67. The van der Waals surface area contributed by atoms with Gasteiger partial charge in [-0.25, -0.2) is 28.1 Å². The van der Waals surface area contributed by atoms with Crippen LogP contribution in [-0.4, -0.2) is 77.3 Å². The summed E-state index contributed by atoms with van der Waals surface area (Å²) in [7, 11) is 0. The molecule has 2 fully saturated rings. The van der Waals surface area contributed by atoms with E-state index in [1.807, 2.05) is 0 Å². The van der Waals surface area contributed by atoms with E-state index >= 15 is 0 Å². The number of ether oxygens (including phenoxy) is 5. The van der Waals surface area contributed by atoms with Gasteiger partial charge in [-0.2, -0.15) is 0 Å². The number of hydrogen-bond donors (Lipinski definition) is 0. The Morgan fingerprint density at radius 3 is 1.47 bits per heavy atom. The van der Waals surface area contributed by atoms with Crippen molar-refractivity contribution in [2.45, 2.75) is 70.9 Å². The summed E-state index contributed by atoms with van der Waals surface area (Å²) in [6, 6.07) is 0. The van der Waals surface area contributed by atoms with Crippen molar-refractivity contribution in [2.75, 3.05) is 33.0 Å². The van der Waals surface area contributed by atoms with E-state index in [0.717, 1.165) is 13.7 Å². The van der Waals surface area contributed by atoms with E-state index in [-0.39, 0.29) is 38.4 Å². The SMILES string of the molecule is C=CCOC(C)Cn1c(=O)n(CC(C)OCC2CO2)c(=O)n(CC(C)OCC2CO2)c1=O. The Bertz CT molecular complexity index is 882. The highest BCUT2D eigenvalue weighted by Gasteiger charge is 2.26. The molecule has 32 heavy (non-hydrogen) atoms. The van der Waals surface area contributed by atoms with Crippen LogP contribution in [0, 0.1) is 0 Å². The highest BCUT2D eigenvalue weighted by molar-refractivity contribution is 4.82. The zero-order chi connectivity index (χ0) is 23.3. The Labute approximate surface area is 186 Å². The standard InChI is InChI=1S/C21H33N3O8/c1-5-6-28-14(2)7-22-19(25)23(8-15(3)29-10-17-12-31-17)21(27)24(20(22)26)9-16(4)30-11-18-13-32-18/h5,14-18H,1,6-13H2,2-4H3. The Balaban J connectivity index is 1.85. The fraction of sp³-hybridized carbons (Fsp3) is 0.762. The largest absolute Gasteiger partial charge is 0.374 e. The number of epoxide rings is 2. The molecule has 3 heterocycles. The van der Waals surface area contributed by atoms with Gasteiger partial charge < -0.3 is 23.7 Å². The van der Waals surface area contributed by atoms with Crippen molar-refractivity contribution in [2.24, 2.45) is 0 Å². The van der Waals surface area contributed by atoms with Gasteiger partial charge in [0.15, 0.2) is 0 Å². The fourth-order valence-corrected chi connectivity index (χ4v) is 3.18. The van der Waals surface area contributed by atoms with Gasteiger partial charge >= 0.3 is 17.1 Å². The first-order valence-electron chi connectivity index (χ1n) is 10.9. The first-order valence-corrected chi connectivity index (χ1v) is 10.9. The third-order valence-electron chi connectivity index (χ3n) is 5.14. The van der Waals surface area contributed by atoms with Crippen LogP contribution in [0.3, 0.4) is 0 Å². The molecule has 3 rings (SSSR count). The zero-order valence-corrected chi connectivity index (χ0v) is 18.9. The minimum Gasteiger partial charge on any atom is -0.374 e. The van der Waals surface area contributed by atoms with Gasteiger partial charge in [0.2, 0.25) is 0 Å². The summed E-state index contributed by atoms with van der Waals surface area (Å²) < 4.78 is 30.3. The van der Waals surface area contributed by atoms with Crippen LogP contribution in [0.15, 0.2) is 27.0 Å². The van der Waals surface area contributed by atoms with Crippen LogP contribution in [0.4, 0.5) is 0 Å². The van der Waals surface area contributed by atoms with Gasteiger partial charge in [-0.15, -0.1) is 6.58 Å². The van der Waals surface area contributed by atoms with Crippen molar-refractivity contribution in [1.29, 1.82) is 0 Å². The molecule has 1 aromatic rings. The summed E-state index contributed by atoms with van der Waals surface area (Å²) in [6.45, 7) is 11.3. The van der Waals surface area contributed by atoms with Crippen LogP contribution in [0.1, 0.15) is 20.8 Å². The minimum atomic E-state index is -0.691. The molecule has 0 radical (unpaired) electrons. The lowest BCUT2D eigenvalue weighted by atomic mass is 10.3. The molecule has 0 N–H and O–H groups in total. The van der Waals surface area contributed by atoms with Gasteiger partial charge in [-0.3, -0.25) is 0 Å². The molecule has 0 aromatic carbocycles. The van der Waals surface area contributed by atoms with Crippen LogP contribution in [0.5, 0.6) is 0 Å². The van der Waals surface area contributed by atoms with Crippen molar-refractivity contribution >= 4 is 0 Å². The first-order chi connectivity index (χ1) is 15.3. The third-order valence-corrected chi connectivity index (χ3v) is 5.14. The molecule has 2 aliphatic rings. The van der Waals surface area contributed by atoms with Crippen molar-refractivity contribution in [3.05, 3.63) is 44.1 Å². The second-order valence-electron chi connectivity index (χ2n) is 8.31. The van der Waals surface area contributed by atoms with E-state index in [2.05, 4.69) is 6.58 Å². The van der Waals surface area contributed by atoms with Crippen LogP contribution in [0.25, 0.3) is 0 Å². The molecule has 0 saturated carbocycles. The van der Waals surface area contributed by atoms with Crippen LogP contribution >= 0.6 is 0 Å². The smallest absolute Gasteiger partial charge is 0.336 e. The molecule has 2 saturated heterocycles. The fourth-order valence-electron chi connectivity index (χ4n) is 3.18. The molecule has 0 bridgehead atoms. The zero-order valence-electron chi connectivity index (χ0n) is 18.9. The number of nitrogens with zero attached hydrogens (tertiary/aromatic N) is 3.